The van der Waals surface area contributed by atoms with Gasteiger partial charge in [0.15, 0.2) is 0 Å². The van der Waals surface area contributed by atoms with E-state index < -0.39 is 10.0 Å². The maximum absolute atomic E-state index is 13.1. The van der Waals surface area contributed by atoms with Crippen molar-refractivity contribution in [1.82, 2.24) is 4.31 Å². The molecule has 0 heterocycles. The van der Waals surface area contributed by atoms with E-state index in [1.165, 1.54) is 4.31 Å². The smallest absolute Gasteiger partial charge is 0.264 e. The summed E-state index contributed by atoms with van der Waals surface area (Å²) in [5.74, 6) is 0. The monoisotopic (exact) mass is 363 g/mol. The minimum absolute atomic E-state index is 0.278. The predicted molar refractivity (Wildman–Crippen MR) is 106 cm³/mol. The van der Waals surface area contributed by atoms with Gasteiger partial charge in [-0.3, -0.25) is 4.31 Å². The lowest BCUT2D eigenvalue weighted by Gasteiger charge is -2.21. The minimum atomic E-state index is -3.64. The van der Waals surface area contributed by atoms with E-state index >= 15 is 0 Å². The molecule has 0 aliphatic carbocycles. The molecule has 0 fully saturated rings. The summed E-state index contributed by atoms with van der Waals surface area (Å²) in [6.07, 6.45) is 3.45. The van der Waals surface area contributed by atoms with E-state index in [2.05, 4.69) is 0 Å². The first-order valence-electron chi connectivity index (χ1n) is 8.41. The Morgan fingerprint density at radius 2 is 1.38 bits per heavy atom. The zero-order valence-corrected chi connectivity index (χ0v) is 15.4. The fourth-order valence-corrected chi connectivity index (χ4v) is 3.85. The van der Waals surface area contributed by atoms with Gasteiger partial charge in [0.05, 0.1) is 11.4 Å². The Morgan fingerprint density at radius 1 is 0.808 bits per heavy atom. The molecule has 0 aliphatic heterocycles. The summed E-state index contributed by atoms with van der Waals surface area (Å²) in [6, 6.07) is 26.2. The second kappa shape index (κ2) is 8.02. The van der Waals surface area contributed by atoms with E-state index in [1.54, 1.807) is 18.3 Å². The maximum Gasteiger partial charge on any atom is 0.264 e. The molecule has 0 unspecified atom stereocenters. The molecule has 3 aromatic carbocycles. The number of hydrogen-bond acceptors (Lipinski definition) is 2. The normalized spacial score (nSPS) is 11.6. The molecule has 0 spiro atoms. The van der Waals surface area contributed by atoms with Gasteiger partial charge in [-0.05, 0) is 36.3 Å². The molecule has 0 radical (unpaired) electrons. The molecule has 26 heavy (non-hydrogen) atoms. The van der Waals surface area contributed by atoms with E-state index in [9.17, 15) is 8.42 Å². The van der Waals surface area contributed by atoms with Crippen molar-refractivity contribution in [3.63, 3.8) is 0 Å². The summed E-state index contributed by atoms with van der Waals surface area (Å²) in [5.41, 5.74) is 2.91. The van der Waals surface area contributed by atoms with Crippen molar-refractivity contribution < 1.29 is 8.42 Å². The van der Waals surface area contributed by atoms with Gasteiger partial charge in [-0.2, -0.15) is 0 Å². The Morgan fingerprint density at radius 3 is 2.00 bits per heavy atom. The van der Waals surface area contributed by atoms with Crippen LogP contribution in [0, 0.1) is 6.92 Å². The van der Waals surface area contributed by atoms with Crippen LogP contribution in [0.25, 0.3) is 6.08 Å². The standard InChI is InChI=1S/C22H21NO2S/c1-19-12-14-22(15-13-19)26(24,25)23(18-21-10-6-3-7-11-21)17-16-20-8-4-2-5-9-20/h2-17H,18H2,1H3/b17-16+. The van der Waals surface area contributed by atoms with Crippen molar-refractivity contribution in [2.45, 2.75) is 18.4 Å². The Balaban J connectivity index is 1.96. The van der Waals surface area contributed by atoms with E-state index in [0.717, 1.165) is 16.7 Å². The first kappa shape index (κ1) is 18.0. The third-order valence-electron chi connectivity index (χ3n) is 4.04. The fraction of sp³-hybridized carbons (Fsp3) is 0.0909. The molecule has 4 heteroatoms. The van der Waals surface area contributed by atoms with Gasteiger partial charge in [0.25, 0.3) is 10.0 Å². The number of nitrogens with zero attached hydrogens (tertiary/aromatic N) is 1. The van der Waals surface area contributed by atoms with E-state index in [4.69, 9.17) is 0 Å². The Bertz CT molecular complexity index is 964. The second-order valence-electron chi connectivity index (χ2n) is 6.08. The molecule has 0 amide bonds. The van der Waals surface area contributed by atoms with Crippen LogP contribution in [0.1, 0.15) is 16.7 Å². The quantitative estimate of drug-likeness (QED) is 0.627. The third-order valence-corrected chi connectivity index (χ3v) is 5.78. The molecule has 3 nitrogen and oxygen atoms in total. The number of sulfonamides is 1. The highest BCUT2D eigenvalue weighted by atomic mass is 32.2. The van der Waals surface area contributed by atoms with Crippen LogP contribution >= 0.6 is 0 Å². The van der Waals surface area contributed by atoms with Crippen molar-refractivity contribution in [3.05, 3.63) is 108 Å². The zero-order chi connectivity index (χ0) is 18.4. The van der Waals surface area contributed by atoms with Crippen LogP contribution < -0.4 is 0 Å². The van der Waals surface area contributed by atoms with Crippen LogP contribution in [0.4, 0.5) is 0 Å². The number of rotatable bonds is 6. The summed E-state index contributed by atoms with van der Waals surface area (Å²) in [4.78, 5) is 0.289. The summed E-state index contributed by atoms with van der Waals surface area (Å²) in [5, 5.41) is 0. The van der Waals surface area contributed by atoms with Crippen LogP contribution in [0.3, 0.4) is 0 Å². The molecule has 0 aliphatic rings. The largest absolute Gasteiger partial charge is 0.269 e. The SMILES string of the molecule is Cc1ccc(S(=O)(=O)N(/C=C/c2ccccc2)Cc2ccccc2)cc1. The summed E-state index contributed by atoms with van der Waals surface area (Å²) < 4.78 is 27.7. The second-order valence-corrected chi connectivity index (χ2v) is 7.97. The van der Waals surface area contributed by atoms with Gasteiger partial charge in [0.1, 0.15) is 0 Å². The van der Waals surface area contributed by atoms with Crippen LogP contribution in [0.2, 0.25) is 0 Å². The Labute approximate surface area is 155 Å². The average Bonchev–Trinajstić information content (AvgIpc) is 2.67. The summed E-state index contributed by atoms with van der Waals surface area (Å²) in [7, 11) is -3.64. The molecule has 3 aromatic rings. The third kappa shape index (κ3) is 4.41. The van der Waals surface area contributed by atoms with Crippen molar-refractivity contribution in [2.75, 3.05) is 0 Å². The van der Waals surface area contributed by atoms with E-state index in [-0.39, 0.29) is 11.4 Å². The Hall–Kier alpha value is -2.85. The number of benzene rings is 3. The number of hydrogen-bond donors (Lipinski definition) is 0. The molecule has 0 saturated heterocycles. The van der Waals surface area contributed by atoms with Gasteiger partial charge >= 0.3 is 0 Å². The van der Waals surface area contributed by atoms with Crippen molar-refractivity contribution in [2.24, 2.45) is 0 Å². The highest BCUT2D eigenvalue weighted by Gasteiger charge is 2.21. The lowest BCUT2D eigenvalue weighted by atomic mass is 10.2. The molecule has 0 atom stereocenters. The lowest BCUT2D eigenvalue weighted by Crippen LogP contribution is -2.25. The van der Waals surface area contributed by atoms with E-state index in [0.29, 0.717) is 0 Å². The average molecular weight is 363 g/mol. The molecule has 0 aromatic heterocycles. The topological polar surface area (TPSA) is 37.4 Å². The first-order valence-corrected chi connectivity index (χ1v) is 9.85. The van der Waals surface area contributed by atoms with Gasteiger partial charge in [-0.1, -0.05) is 78.4 Å². The molecule has 0 saturated carbocycles. The number of aryl methyl sites for hydroxylation is 1. The molecule has 3 rings (SSSR count). The van der Waals surface area contributed by atoms with Gasteiger partial charge in [0, 0.05) is 6.20 Å². The highest BCUT2D eigenvalue weighted by molar-refractivity contribution is 7.89. The molecular formula is C22H21NO2S. The fourth-order valence-electron chi connectivity index (χ4n) is 2.56. The molecular weight excluding hydrogens is 342 g/mol. The Kier molecular flexibility index (Phi) is 5.54. The first-order chi connectivity index (χ1) is 12.6. The van der Waals surface area contributed by atoms with Gasteiger partial charge < -0.3 is 0 Å². The molecule has 0 N–H and O–H groups in total. The summed E-state index contributed by atoms with van der Waals surface area (Å²) in [6.45, 7) is 2.22. The molecule has 0 bridgehead atoms. The van der Waals surface area contributed by atoms with Crippen LogP contribution in [0.5, 0.6) is 0 Å². The van der Waals surface area contributed by atoms with Gasteiger partial charge in [-0.25, -0.2) is 8.42 Å². The van der Waals surface area contributed by atoms with Crippen LogP contribution in [-0.4, -0.2) is 12.7 Å². The van der Waals surface area contributed by atoms with Crippen molar-refractivity contribution in [3.8, 4) is 0 Å². The summed E-state index contributed by atoms with van der Waals surface area (Å²) >= 11 is 0. The predicted octanol–water partition coefficient (Wildman–Crippen LogP) is 4.86. The van der Waals surface area contributed by atoms with Crippen LogP contribution in [-0.2, 0) is 16.6 Å². The lowest BCUT2D eigenvalue weighted by molar-refractivity contribution is 0.497. The van der Waals surface area contributed by atoms with Crippen molar-refractivity contribution >= 4 is 16.1 Å². The van der Waals surface area contributed by atoms with E-state index in [1.807, 2.05) is 85.8 Å². The molecule has 132 valence electrons. The highest BCUT2D eigenvalue weighted by Crippen LogP contribution is 2.20. The van der Waals surface area contributed by atoms with Gasteiger partial charge in [0.2, 0.25) is 0 Å². The van der Waals surface area contributed by atoms with Gasteiger partial charge in [-0.15, -0.1) is 0 Å². The van der Waals surface area contributed by atoms with Crippen molar-refractivity contribution in [1.29, 1.82) is 0 Å². The zero-order valence-electron chi connectivity index (χ0n) is 14.6. The van der Waals surface area contributed by atoms with Crippen LogP contribution in [0.15, 0.2) is 96.0 Å². The maximum atomic E-state index is 13.1. The minimum Gasteiger partial charge on any atom is -0.269 e.